The Morgan fingerprint density at radius 2 is 1.26 bits per heavy atom. The van der Waals surface area contributed by atoms with Gasteiger partial charge in [0.05, 0.1) is 12.2 Å². The number of epoxide rings is 1. The second-order valence-corrected chi connectivity index (χ2v) is 11.0. The summed E-state index contributed by atoms with van der Waals surface area (Å²) in [6.45, 7) is 8.14. The molecule has 1 aliphatic heterocycles. The number of ether oxygens (including phenoxy) is 1. The highest BCUT2D eigenvalue weighted by Crippen LogP contribution is 2.41. The summed E-state index contributed by atoms with van der Waals surface area (Å²) in [4.78, 5) is 0. The number of hydrogen-bond acceptors (Lipinski definition) is 4. The minimum Gasteiger partial charge on any atom is -0.374 e. The lowest BCUT2D eigenvalue weighted by molar-refractivity contribution is 0.0706. The van der Waals surface area contributed by atoms with Crippen molar-refractivity contribution in [2.24, 2.45) is 5.92 Å². The summed E-state index contributed by atoms with van der Waals surface area (Å²) < 4.78 is 23.4. The first-order valence-electron chi connectivity index (χ1n) is 11.8. The van der Waals surface area contributed by atoms with Gasteiger partial charge in [-0.3, -0.25) is 0 Å². The van der Waals surface area contributed by atoms with Gasteiger partial charge in [-0.05, 0) is 52.4 Å². The predicted octanol–water partition coefficient (Wildman–Crippen LogP) is 6.11. The van der Waals surface area contributed by atoms with E-state index in [1.807, 2.05) is 20.8 Å². The fraction of sp³-hybridized carbons (Fsp3) is 1.00. The van der Waals surface area contributed by atoms with Gasteiger partial charge in [-0.2, -0.15) is 0 Å². The molecule has 0 aromatic carbocycles. The van der Waals surface area contributed by atoms with Crippen molar-refractivity contribution in [2.75, 3.05) is 19.8 Å². The van der Waals surface area contributed by atoms with Crippen LogP contribution in [-0.2, 0) is 18.0 Å². The molecule has 3 atom stereocenters. The maximum Gasteiger partial charge on any atom is 0.500 e. The van der Waals surface area contributed by atoms with Gasteiger partial charge < -0.3 is 18.0 Å². The molecule has 0 spiro atoms. The van der Waals surface area contributed by atoms with Crippen molar-refractivity contribution in [1.82, 2.24) is 0 Å². The van der Waals surface area contributed by atoms with Crippen LogP contribution in [0.15, 0.2) is 0 Å². The largest absolute Gasteiger partial charge is 0.500 e. The van der Waals surface area contributed by atoms with Gasteiger partial charge in [-0.25, -0.2) is 0 Å². The molecule has 0 amide bonds. The summed E-state index contributed by atoms with van der Waals surface area (Å²) in [5.74, 6) is 0.958. The van der Waals surface area contributed by atoms with Crippen molar-refractivity contribution in [3.8, 4) is 0 Å². The SMILES string of the molecule is CCO[Si](CCCCCCCCCCC1CCC2OC2C1)(OCC)OCC. The summed E-state index contributed by atoms with van der Waals surface area (Å²) in [6, 6.07) is 0.968. The topological polar surface area (TPSA) is 40.2 Å². The van der Waals surface area contributed by atoms with Crippen LogP contribution in [0.5, 0.6) is 0 Å². The summed E-state index contributed by atoms with van der Waals surface area (Å²) in [5.41, 5.74) is 0. The highest BCUT2D eigenvalue weighted by Gasteiger charge is 2.43. The van der Waals surface area contributed by atoms with Gasteiger partial charge >= 0.3 is 8.80 Å². The normalized spacial score (nSPS) is 24.8. The molecule has 5 heteroatoms. The average molecular weight is 401 g/mol. The fourth-order valence-corrected chi connectivity index (χ4v) is 7.27. The summed E-state index contributed by atoms with van der Waals surface area (Å²) in [5, 5.41) is 0. The zero-order chi connectivity index (χ0) is 19.4. The van der Waals surface area contributed by atoms with E-state index in [9.17, 15) is 0 Å². The summed E-state index contributed by atoms with van der Waals surface area (Å²) >= 11 is 0. The molecule has 0 N–H and O–H groups in total. The van der Waals surface area contributed by atoms with E-state index in [0.29, 0.717) is 32.0 Å². The van der Waals surface area contributed by atoms with Gasteiger partial charge in [0.1, 0.15) is 0 Å². The zero-order valence-electron chi connectivity index (χ0n) is 18.2. The standard InChI is InChI=1S/C22H44O4Si/c1-4-23-27(24-5-2,25-6-3)18-14-12-10-8-7-9-11-13-15-20-16-17-21-22(19-20)26-21/h20-22H,4-19H2,1-3H3. The third kappa shape index (κ3) is 8.95. The van der Waals surface area contributed by atoms with E-state index in [4.69, 9.17) is 18.0 Å². The Morgan fingerprint density at radius 1 is 0.704 bits per heavy atom. The molecular formula is C22H44O4Si. The molecule has 4 nitrogen and oxygen atoms in total. The first kappa shape index (κ1) is 23.3. The number of fused-ring (bicyclic) bond motifs is 1. The number of rotatable bonds is 17. The molecule has 2 fully saturated rings. The van der Waals surface area contributed by atoms with Gasteiger partial charge in [-0.1, -0.05) is 51.4 Å². The lowest BCUT2D eigenvalue weighted by atomic mass is 9.85. The van der Waals surface area contributed by atoms with Crippen LogP contribution in [0.1, 0.15) is 97.8 Å². The van der Waals surface area contributed by atoms with Crippen LogP contribution in [0.25, 0.3) is 0 Å². The molecule has 1 saturated carbocycles. The van der Waals surface area contributed by atoms with Crippen LogP contribution in [0.3, 0.4) is 0 Å². The van der Waals surface area contributed by atoms with Crippen LogP contribution >= 0.6 is 0 Å². The first-order chi connectivity index (χ1) is 13.2. The second kappa shape index (κ2) is 13.3. The molecule has 1 heterocycles. The van der Waals surface area contributed by atoms with E-state index >= 15 is 0 Å². The zero-order valence-corrected chi connectivity index (χ0v) is 19.2. The molecule has 160 valence electrons. The molecule has 3 unspecified atom stereocenters. The van der Waals surface area contributed by atoms with E-state index in [-0.39, 0.29) is 0 Å². The Morgan fingerprint density at radius 3 is 1.81 bits per heavy atom. The van der Waals surface area contributed by atoms with Crippen molar-refractivity contribution in [3.05, 3.63) is 0 Å². The van der Waals surface area contributed by atoms with Gasteiger partial charge in [0.25, 0.3) is 0 Å². The molecule has 0 bridgehead atoms. The van der Waals surface area contributed by atoms with Crippen LogP contribution in [0, 0.1) is 5.92 Å². The summed E-state index contributed by atoms with van der Waals surface area (Å²) in [7, 11) is -2.41. The smallest absolute Gasteiger partial charge is 0.374 e. The van der Waals surface area contributed by atoms with Gasteiger partial charge in [-0.15, -0.1) is 0 Å². The quantitative estimate of drug-likeness (QED) is 0.168. The number of hydrogen-bond donors (Lipinski definition) is 0. The van der Waals surface area contributed by atoms with E-state index in [1.54, 1.807) is 0 Å². The van der Waals surface area contributed by atoms with Gasteiger partial charge in [0.2, 0.25) is 0 Å². The van der Waals surface area contributed by atoms with E-state index in [0.717, 1.165) is 18.4 Å². The lowest BCUT2D eigenvalue weighted by Crippen LogP contribution is -2.45. The van der Waals surface area contributed by atoms with E-state index in [1.165, 1.54) is 70.6 Å². The highest BCUT2D eigenvalue weighted by molar-refractivity contribution is 6.60. The number of unbranched alkanes of at least 4 members (excludes halogenated alkanes) is 7. The van der Waals surface area contributed by atoms with Crippen molar-refractivity contribution >= 4 is 8.80 Å². The van der Waals surface area contributed by atoms with E-state index < -0.39 is 8.80 Å². The van der Waals surface area contributed by atoms with Gasteiger partial charge in [0.15, 0.2) is 0 Å². The average Bonchev–Trinajstić information content (AvgIpc) is 3.43. The third-order valence-corrected chi connectivity index (χ3v) is 9.20. The van der Waals surface area contributed by atoms with Crippen LogP contribution in [0.2, 0.25) is 6.04 Å². The molecule has 1 saturated heterocycles. The molecule has 0 aromatic heterocycles. The van der Waals surface area contributed by atoms with Crippen LogP contribution < -0.4 is 0 Å². The third-order valence-electron chi connectivity index (χ3n) is 6.05. The van der Waals surface area contributed by atoms with Gasteiger partial charge in [0, 0.05) is 25.9 Å². The van der Waals surface area contributed by atoms with Crippen LogP contribution in [0.4, 0.5) is 0 Å². The van der Waals surface area contributed by atoms with Crippen molar-refractivity contribution < 1.29 is 18.0 Å². The molecule has 2 aliphatic rings. The first-order valence-corrected chi connectivity index (χ1v) is 13.7. The van der Waals surface area contributed by atoms with Crippen molar-refractivity contribution in [2.45, 2.75) is 116 Å². The van der Waals surface area contributed by atoms with E-state index in [2.05, 4.69) is 0 Å². The Bertz CT molecular complexity index is 362. The Labute approximate surface area is 169 Å². The van der Waals surface area contributed by atoms with Crippen molar-refractivity contribution in [1.29, 1.82) is 0 Å². The summed E-state index contributed by atoms with van der Waals surface area (Å²) in [6.07, 6.45) is 17.6. The Kier molecular flexibility index (Phi) is 11.5. The maximum atomic E-state index is 5.93. The highest BCUT2D eigenvalue weighted by atomic mass is 28.4. The maximum absolute atomic E-state index is 5.93. The Hall–Kier alpha value is 0.0569. The molecule has 2 rings (SSSR count). The minimum atomic E-state index is -2.41. The lowest BCUT2D eigenvalue weighted by Gasteiger charge is -2.28. The Balaban J connectivity index is 1.41. The molecule has 27 heavy (non-hydrogen) atoms. The monoisotopic (exact) mass is 400 g/mol. The predicted molar refractivity (Wildman–Crippen MR) is 113 cm³/mol. The minimum absolute atomic E-state index is 0.652. The fourth-order valence-electron chi connectivity index (χ4n) is 4.59. The molecule has 1 aliphatic carbocycles. The second-order valence-electron chi connectivity index (χ2n) is 8.24. The van der Waals surface area contributed by atoms with Crippen molar-refractivity contribution in [3.63, 3.8) is 0 Å². The van der Waals surface area contributed by atoms with Crippen LogP contribution in [-0.4, -0.2) is 40.8 Å². The molecule has 0 aromatic rings. The molecule has 0 radical (unpaired) electrons. The molecular weight excluding hydrogens is 356 g/mol.